The van der Waals surface area contributed by atoms with Crippen LogP contribution in [0.1, 0.15) is 43.5 Å². The van der Waals surface area contributed by atoms with Gasteiger partial charge in [-0.15, -0.1) is 0 Å². The van der Waals surface area contributed by atoms with E-state index < -0.39 is 0 Å². The molecule has 0 radical (unpaired) electrons. The third-order valence-corrected chi connectivity index (χ3v) is 6.25. The smallest absolute Gasteiger partial charge is 0.254 e. The first-order valence-electron chi connectivity index (χ1n) is 10.1. The summed E-state index contributed by atoms with van der Waals surface area (Å²) in [5.74, 6) is -0.0466. The van der Waals surface area contributed by atoms with Crippen molar-refractivity contribution in [2.45, 2.75) is 44.7 Å². The number of rotatable bonds is 2. The minimum absolute atomic E-state index is 0.00392. The van der Waals surface area contributed by atoms with Gasteiger partial charge in [-0.3, -0.25) is 19.4 Å². The standard InChI is InChI=1S/C22H26N4O3/c1-15(27)24-17-13-22(26(14-17)16(2)28)8-11-25(12-9-22)21(29)19-5-3-7-20-18(19)6-4-10-23-20/h3-7,10,17H,8-9,11-14H2,1-2H3,(H,24,27). The number of carbonyl (C=O) groups excluding carboxylic acids is 3. The van der Waals surface area contributed by atoms with Crippen LogP contribution in [0.3, 0.4) is 0 Å². The highest BCUT2D eigenvalue weighted by molar-refractivity contribution is 6.06. The largest absolute Gasteiger partial charge is 0.352 e. The van der Waals surface area contributed by atoms with Gasteiger partial charge in [-0.05, 0) is 37.5 Å². The molecule has 7 heteroatoms. The highest BCUT2D eigenvalue weighted by atomic mass is 16.2. The minimum atomic E-state index is -0.282. The highest BCUT2D eigenvalue weighted by Gasteiger charge is 2.49. The van der Waals surface area contributed by atoms with Crippen LogP contribution in [0.4, 0.5) is 0 Å². The van der Waals surface area contributed by atoms with Crippen LogP contribution in [-0.4, -0.2) is 63.7 Å². The predicted octanol–water partition coefficient (Wildman–Crippen LogP) is 1.97. The molecule has 2 fully saturated rings. The van der Waals surface area contributed by atoms with Crippen molar-refractivity contribution < 1.29 is 14.4 Å². The van der Waals surface area contributed by atoms with E-state index in [2.05, 4.69) is 10.3 Å². The lowest BCUT2D eigenvalue weighted by atomic mass is 9.83. The van der Waals surface area contributed by atoms with Crippen LogP contribution in [0.2, 0.25) is 0 Å². The number of pyridine rings is 1. The number of benzene rings is 1. The second-order valence-corrected chi connectivity index (χ2v) is 8.12. The van der Waals surface area contributed by atoms with Gasteiger partial charge >= 0.3 is 0 Å². The number of carbonyl (C=O) groups is 3. The minimum Gasteiger partial charge on any atom is -0.352 e. The van der Waals surface area contributed by atoms with Gasteiger partial charge < -0.3 is 15.1 Å². The molecule has 1 aromatic carbocycles. The van der Waals surface area contributed by atoms with E-state index in [0.717, 1.165) is 30.2 Å². The molecule has 3 amide bonds. The van der Waals surface area contributed by atoms with Gasteiger partial charge in [-0.25, -0.2) is 0 Å². The van der Waals surface area contributed by atoms with Gasteiger partial charge in [-0.2, -0.15) is 0 Å². The van der Waals surface area contributed by atoms with E-state index in [0.29, 0.717) is 25.2 Å². The molecule has 0 saturated carbocycles. The quantitative estimate of drug-likeness (QED) is 0.844. The fourth-order valence-electron chi connectivity index (χ4n) is 4.95. The van der Waals surface area contributed by atoms with Crippen LogP contribution in [0, 0.1) is 0 Å². The highest BCUT2D eigenvalue weighted by Crippen LogP contribution is 2.39. The molecular formula is C22H26N4O3. The summed E-state index contributed by atoms with van der Waals surface area (Å²) >= 11 is 0. The van der Waals surface area contributed by atoms with Crippen molar-refractivity contribution in [3.63, 3.8) is 0 Å². The zero-order valence-corrected chi connectivity index (χ0v) is 16.9. The van der Waals surface area contributed by atoms with E-state index in [-0.39, 0.29) is 29.3 Å². The molecule has 2 aliphatic heterocycles. The van der Waals surface area contributed by atoms with Gasteiger partial charge in [0.05, 0.1) is 5.52 Å². The molecule has 29 heavy (non-hydrogen) atoms. The van der Waals surface area contributed by atoms with Crippen LogP contribution in [0.25, 0.3) is 10.9 Å². The number of aromatic nitrogens is 1. The average molecular weight is 394 g/mol. The maximum Gasteiger partial charge on any atom is 0.254 e. The molecule has 1 spiro atoms. The van der Waals surface area contributed by atoms with Crippen LogP contribution in [0.5, 0.6) is 0 Å². The van der Waals surface area contributed by atoms with Crippen LogP contribution < -0.4 is 5.32 Å². The van der Waals surface area contributed by atoms with E-state index in [1.807, 2.05) is 40.1 Å². The molecule has 152 valence electrons. The van der Waals surface area contributed by atoms with Crippen molar-refractivity contribution in [1.29, 1.82) is 0 Å². The zero-order chi connectivity index (χ0) is 20.6. The summed E-state index contributed by atoms with van der Waals surface area (Å²) in [6.45, 7) is 4.80. The average Bonchev–Trinajstić information content (AvgIpc) is 3.04. The first-order valence-corrected chi connectivity index (χ1v) is 10.1. The topological polar surface area (TPSA) is 82.6 Å². The van der Waals surface area contributed by atoms with Crippen molar-refractivity contribution in [2.75, 3.05) is 19.6 Å². The fourth-order valence-corrected chi connectivity index (χ4v) is 4.95. The second-order valence-electron chi connectivity index (χ2n) is 8.12. The van der Waals surface area contributed by atoms with Crippen LogP contribution in [0.15, 0.2) is 36.5 Å². The first kappa shape index (κ1) is 19.4. The maximum absolute atomic E-state index is 13.2. The Kier molecular flexibility index (Phi) is 4.98. The van der Waals surface area contributed by atoms with Gasteiger partial charge in [0, 0.05) is 62.2 Å². The molecule has 2 aliphatic rings. The number of piperidine rings is 1. The molecule has 2 aromatic rings. The molecule has 1 unspecified atom stereocenters. The first-order chi connectivity index (χ1) is 13.9. The Morgan fingerprint density at radius 2 is 1.86 bits per heavy atom. The van der Waals surface area contributed by atoms with E-state index >= 15 is 0 Å². The van der Waals surface area contributed by atoms with Crippen LogP contribution in [-0.2, 0) is 9.59 Å². The maximum atomic E-state index is 13.2. The van der Waals surface area contributed by atoms with Gasteiger partial charge in [0.25, 0.3) is 5.91 Å². The fraction of sp³-hybridized carbons (Fsp3) is 0.455. The van der Waals surface area contributed by atoms with Crippen molar-refractivity contribution in [3.8, 4) is 0 Å². The summed E-state index contributed by atoms with van der Waals surface area (Å²) < 4.78 is 0. The lowest BCUT2D eigenvalue weighted by Crippen LogP contribution is -2.54. The number of amides is 3. The molecule has 7 nitrogen and oxygen atoms in total. The Hall–Kier alpha value is -2.96. The number of fused-ring (bicyclic) bond motifs is 1. The molecule has 2 saturated heterocycles. The number of nitrogens with one attached hydrogen (secondary N) is 1. The van der Waals surface area contributed by atoms with Gasteiger partial charge in [0.2, 0.25) is 11.8 Å². The molecule has 0 aliphatic carbocycles. The Morgan fingerprint density at radius 1 is 1.10 bits per heavy atom. The van der Waals surface area contributed by atoms with E-state index in [4.69, 9.17) is 0 Å². The summed E-state index contributed by atoms with van der Waals surface area (Å²) in [7, 11) is 0. The summed E-state index contributed by atoms with van der Waals surface area (Å²) in [5, 5.41) is 3.82. The second kappa shape index (κ2) is 7.46. The summed E-state index contributed by atoms with van der Waals surface area (Å²) in [6, 6.07) is 9.36. The van der Waals surface area contributed by atoms with Crippen LogP contribution >= 0.6 is 0 Å². The summed E-state index contributed by atoms with van der Waals surface area (Å²) in [5.41, 5.74) is 1.19. The Morgan fingerprint density at radius 3 is 2.55 bits per heavy atom. The monoisotopic (exact) mass is 394 g/mol. The van der Waals surface area contributed by atoms with Crippen molar-refractivity contribution in [1.82, 2.24) is 20.1 Å². The SMILES string of the molecule is CC(=O)NC1CN(C(C)=O)C2(CCN(C(=O)c3cccc4ncccc34)CC2)C1. The molecule has 1 aromatic heterocycles. The molecule has 4 rings (SSSR count). The van der Waals surface area contributed by atoms with Gasteiger partial charge in [0.15, 0.2) is 0 Å². The molecular weight excluding hydrogens is 368 g/mol. The zero-order valence-electron chi connectivity index (χ0n) is 16.9. The number of hydrogen-bond acceptors (Lipinski definition) is 4. The van der Waals surface area contributed by atoms with Crippen molar-refractivity contribution in [3.05, 3.63) is 42.1 Å². The third kappa shape index (κ3) is 3.57. The van der Waals surface area contributed by atoms with Gasteiger partial charge in [-0.1, -0.05) is 12.1 Å². The molecule has 3 heterocycles. The number of hydrogen-bond donors (Lipinski definition) is 1. The predicted molar refractivity (Wildman–Crippen MR) is 109 cm³/mol. The van der Waals surface area contributed by atoms with Gasteiger partial charge in [0.1, 0.15) is 0 Å². The Labute approximate surface area is 170 Å². The lowest BCUT2D eigenvalue weighted by molar-refractivity contribution is -0.134. The Balaban J connectivity index is 1.51. The summed E-state index contributed by atoms with van der Waals surface area (Å²) in [6.07, 6.45) is 3.91. The molecule has 1 N–H and O–H groups in total. The third-order valence-electron chi connectivity index (χ3n) is 6.25. The Bertz CT molecular complexity index is 960. The van der Waals surface area contributed by atoms with Crippen molar-refractivity contribution >= 4 is 28.6 Å². The van der Waals surface area contributed by atoms with E-state index in [1.165, 1.54) is 6.92 Å². The normalized spacial score (nSPS) is 20.8. The van der Waals surface area contributed by atoms with Crippen molar-refractivity contribution in [2.24, 2.45) is 0 Å². The molecule has 1 atom stereocenters. The van der Waals surface area contributed by atoms with E-state index in [1.54, 1.807) is 13.1 Å². The van der Waals surface area contributed by atoms with E-state index in [9.17, 15) is 14.4 Å². The number of nitrogens with zero attached hydrogens (tertiary/aromatic N) is 3. The lowest BCUT2D eigenvalue weighted by Gasteiger charge is -2.44. The summed E-state index contributed by atoms with van der Waals surface area (Å²) in [4.78, 5) is 45.1. The number of likely N-dealkylation sites (tertiary alicyclic amines) is 2. The molecule has 0 bridgehead atoms.